The van der Waals surface area contributed by atoms with Gasteiger partial charge in [-0.05, 0) is 89.5 Å². The Morgan fingerprint density at radius 2 is 1.08 bits per heavy atom. The van der Waals surface area contributed by atoms with E-state index in [0.717, 1.165) is 78.3 Å². The van der Waals surface area contributed by atoms with Crippen LogP contribution in [0.4, 0.5) is 5.69 Å². The Hall–Kier alpha value is -5.20. The zero-order valence-corrected chi connectivity index (χ0v) is 21.0. The number of benzene rings is 2. The van der Waals surface area contributed by atoms with Crippen molar-refractivity contribution in [2.24, 2.45) is 0 Å². The second-order valence-corrected chi connectivity index (χ2v) is 9.68. The third-order valence-corrected chi connectivity index (χ3v) is 7.02. The first-order valence-corrected chi connectivity index (χ1v) is 12.8. The van der Waals surface area contributed by atoms with Crippen LogP contribution in [0.25, 0.3) is 68.6 Å². The van der Waals surface area contributed by atoms with Crippen LogP contribution in [-0.2, 0) is 6.61 Å². The maximum atomic E-state index is 9.52. The lowest BCUT2D eigenvalue weighted by Crippen LogP contribution is -1.88. The lowest BCUT2D eigenvalue weighted by atomic mass is 10.0. The monoisotopic (exact) mass is 507 g/mol. The van der Waals surface area contributed by atoms with E-state index in [4.69, 9.17) is 15.7 Å². The Morgan fingerprint density at radius 3 is 1.56 bits per heavy atom. The molecule has 5 aromatic rings. The van der Waals surface area contributed by atoms with Gasteiger partial charge in [0.05, 0.1) is 29.4 Å². The quantitative estimate of drug-likeness (QED) is 0.192. The van der Waals surface area contributed by atoms with Gasteiger partial charge in [-0.2, -0.15) is 0 Å². The Bertz CT molecular complexity index is 1940. The van der Waals surface area contributed by atoms with Gasteiger partial charge in [0.25, 0.3) is 0 Å². The van der Waals surface area contributed by atoms with Gasteiger partial charge in [0.1, 0.15) is 0 Å². The van der Waals surface area contributed by atoms with E-state index in [-0.39, 0.29) is 6.61 Å². The molecule has 5 heterocycles. The lowest BCUT2D eigenvalue weighted by Gasteiger charge is -2.05. The van der Waals surface area contributed by atoms with Crippen molar-refractivity contribution >= 4 is 52.1 Å². The van der Waals surface area contributed by atoms with Crippen molar-refractivity contribution in [2.45, 2.75) is 6.61 Å². The summed E-state index contributed by atoms with van der Waals surface area (Å²) in [5.74, 6) is 0. The first kappa shape index (κ1) is 23.0. The molecule has 2 aliphatic heterocycles. The maximum Gasteiger partial charge on any atom is 0.0736 e. The number of hydrogen-bond donors (Lipinski definition) is 4. The highest BCUT2D eigenvalue weighted by atomic mass is 16.3. The average Bonchev–Trinajstić information content (AvgIpc) is 3.77. The summed E-state index contributed by atoms with van der Waals surface area (Å²) in [5, 5.41) is 9.52. The fraction of sp³-hybridized carbons (Fsp3) is 0.0303. The Balaban J connectivity index is 1.54. The minimum Gasteiger partial charge on any atom is -0.399 e. The molecule has 0 spiro atoms. The number of H-pyrrole nitrogens is 2. The van der Waals surface area contributed by atoms with E-state index in [1.807, 2.05) is 78.9 Å². The molecule has 8 bridgehead atoms. The van der Waals surface area contributed by atoms with Gasteiger partial charge in [-0.1, -0.05) is 36.4 Å². The number of aliphatic hydroxyl groups excluding tert-OH is 1. The Kier molecular flexibility index (Phi) is 5.46. The van der Waals surface area contributed by atoms with E-state index in [2.05, 4.69) is 40.3 Å². The van der Waals surface area contributed by atoms with Gasteiger partial charge in [-0.25, -0.2) is 9.97 Å². The van der Waals surface area contributed by atoms with Crippen LogP contribution >= 0.6 is 0 Å². The molecule has 5 N–H and O–H groups in total. The minimum absolute atomic E-state index is 0.00913. The molecule has 0 aliphatic carbocycles. The zero-order valence-electron chi connectivity index (χ0n) is 21.0. The van der Waals surface area contributed by atoms with E-state index in [0.29, 0.717) is 0 Å². The van der Waals surface area contributed by atoms with Crippen molar-refractivity contribution < 1.29 is 5.11 Å². The number of anilines is 1. The number of hydrogen-bond acceptors (Lipinski definition) is 4. The van der Waals surface area contributed by atoms with Gasteiger partial charge in [0.2, 0.25) is 0 Å². The molecule has 6 nitrogen and oxygen atoms in total. The highest BCUT2D eigenvalue weighted by Crippen LogP contribution is 2.32. The molecule has 2 aromatic carbocycles. The van der Waals surface area contributed by atoms with Gasteiger partial charge >= 0.3 is 0 Å². The molecule has 3 aromatic heterocycles. The minimum atomic E-state index is 0.00913. The average molecular weight is 508 g/mol. The first-order valence-electron chi connectivity index (χ1n) is 12.8. The molecule has 39 heavy (non-hydrogen) atoms. The molecule has 6 heteroatoms. The van der Waals surface area contributed by atoms with Crippen LogP contribution in [0.1, 0.15) is 28.3 Å². The summed E-state index contributed by atoms with van der Waals surface area (Å²) in [4.78, 5) is 17.1. The summed E-state index contributed by atoms with van der Waals surface area (Å²) in [6, 6.07) is 28.2. The molecule has 0 fully saturated rings. The molecule has 2 aliphatic rings. The molecule has 0 saturated heterocycles. The van der Waals surface area contributed by atoms with Crippen LogP contribution in [0.15, 0.2) is 84.9 Å². The van der Waals surface area contributed by atoms with Gasteiger partial charge in [-0.15, -0.1) is 0 Å². The zero-order chi connectivity index (χ0) is 26.3. The van der Waals surface area contributed by atoms with Crippen LogP contribution in [0, 0.1) is 0 Å². The molecular formula is C33H25N5O. The van der Waals surface area contributed by atoms with Crippen LogP contribution in [-0.4, -0.2) is 25.0 Å². The van der Waals surface area contributed by atoms with Crippen LogP contribution < -0.4 is 5.73 Å². The Labute approximate surface area is 224 Å². The number of nitrogens with zero attached hydrogens (tertiary/aromatic N) is 2. The molecule has 188 valence electrons. The van der Waals surface area contributed by atoms with Crippen molar-refractivity contribution in [3.8, 4) is 22.3 Å². The van der Waals surface area contributed by atoms with E-state index in [1.165, 1.54) is 0 Å². The molecule has 0 unspecified atom stereocenters. The fourth-order valence-corrected chi connectivity index (χ4v) is 5.11. The maximum absolute atomic E-state index is 9.52. The smallest absolute Gasteiger partial charge is 0.0736 e. The summed E-state index contributed by atoms with van der Waals surface area (Å²) >= 11 is 0. The van der Waals surface area contributed by atoms with Crippen molar-refractivity contribution in [2.75, 3.05) is 5.73 Å². The SMILES string of the molecule is Nc1ccc(-c2c3nc(cc4ccc([nH]4)c(-c4ccc(CO)cc4)c4nc(cc5ccc2[nH]5)C=C4)C=C3)cc1. The van der Waals surface area contributed by atoms with Crippen LogP contribution in [0.5, 0.6) is 0 Å². The van der Waals surface area contributed by atoms with Gasteiger partial charge in [-0.3, -0.25) is 0 Å². The normalized spacial score (nSPS) is 12.2. The van der Waals surface area contributed by atoms with Gasteiger partial charge in [0.15, 0.2) is 0 Å². The number of aliphatic hydroxyl groups is 1. The highest BCUT2D eigenvalue weighted by molar-refractivity contribution is 5.93. The number of nitrogens with one attached hydrogen (secondary N) is 2. The number of aromatic nitrogens is 4. The van der Waals surface area contributed by atoms with E-state index < -0.39 is 0 Å². The Morgan fingerprint density at radius 1 is 0.590 bits per heavy atom. The number of aromatic amines is 2. The van der Waals surface area contributed by atoms with E-state index in [9.17, 15) is 5.11 Å². The van der Waals surface area contributed by atoms with Gasteiger partial charge in [0, 0.05) is 38.9 Å². The molecule has 0 radical (unpaired) electrons. The van der Waals surface area contributed by atoms with Gasteiger partial charge < -0.3 is 20.8 Å². The number of rotatable bonds is 3. The predicted octanol–water partition coefficient (Wildman–Crippen LogP) is 7.06. The third-order valence-electron chi connectivity index (χ3n) is 7.02. The molecular weight excluding hydrogens is 482 g/mol. The standard InChI is InChI=1S/C33H25N5O/c34-23-7-5-22(6-8-23)33-30-15-11-26(37-30)17-24-9-13-28(35-24)32(21-3-1-20(19-39)2-4-21)29-14-10-25(36-29)18-27-12-16-31(33)38-27/h1-18,35,38-39H,19,34H2. The molecule has 0 amide bonds. The molecule has 7 rings (SSSR count). The molecule has 0 atom stereocenters. The first-order chi connectivity index (χ1) is 19.1. The highest BCUT2D eigenvalue weighted by Gasteiger charge is 2.13. The lowest BCUT2D eigenvalue weighted by molar-refractivity contribution is 0.282. The van der Waals surface area contributed by atoms with Crippen molar-refractivity contribution in [1.82, 2.24) is 19.9 Å². The predicted molar refractivity (Wildman–Crippen MR) is 160 cm³/mol. The number of nitrogen functional groups attached to an aromatic ring is 1. The van der Waals surface area contributed by atoms with E-state index in [1.54, 1.807) is 0 Å². The number of fused-ring (bicyclic) bond motifs is 8. The topological polar surface area (TPSA) is 104 Å². The van der Waals surface area contributed by atoms with Crippen molar-refractivity contribution in [1.29, 1.82) is 0 Å². The summed E-state index contributed by atoms with van der Waals surface area (Å²) in [6.45, 7) is 0.00913. The van der Waals surface area contributed by atoms with Crippen LogP contribution in [0.2, 0.25) is 0 Å². The van der Waals surface area contributed by atoms with Crippen molar-refractivity contribution in [3.05, 3.63) is 113 Å². The second-order valence-electron chi connectivity index (χ2n) is 9.68. The summed E-state index contributed by atoms with van der Waals surface area (Å²) in [6.07, 6.45) is 8.16. The largest absolute Gasteiger partial charge is 0.399 e. The van der Waals surface area contributed by atoms with E-state index >= 15 is 0 Å². The van der Waals surface area contributed by atoms with Crippen molar-refractivity contribution in [3.63, 3.8) is 0 Å². The second kappa shape index (κ2) is 9.28. The summed E-state index contributed by atoms with van der Waals surface area (Å²) < 4.78 is 0. The third kappa shape index (κ3) is 4.33. The summed E-state index contributed by atoms with van der Waals surface area (Å²) in [7, 11) is 0. The van der Waals surface area contributed by atoms with Crippen LogP contribution in [0.3, 0.4) is 0 Å². The number of nitrogens with two attached hydrogens (primary N) is 1. The fourth-order valence-electron chi connectivity index (χ4n) is 5.11. The summed E-state index contributed by atoms with van der Waals surface area (Å²) in [5.41, 5.74) is 18.9. The molecule has 0 saturated carbocycles.